The summed E-state index contributed by atoms with van der Waals surface area (Å²) in [5.74, 6) is 0.944. The molecule has 0 aromatic heterocycles. The molecule has 1 unspecified atom stereocenters. The summed E-state index contributed by atoms with van der Waals surface area (Å²) in [6.45, 7) is 0. The van der Waals surface area contributed by atoms with Gasteiger partial charge in [-0.1, -0.05) is 62.2 Å². The van der Waals surface area contributed by atoms with Gasteiger partial charge in [-0.05, 0) is 35.7 Å². The Labute approximate surface area is 124 Å². The highest BCUT2D eigenvalue weighted by Gasteiger charge is 2.11. The molecule has 94 valence electrons. The maximum absolute atomic E-state index is 5.37. The Hall–Kier alpha value is -0.800. The number of benzene rings is 2. The second kappa shape index (κ2) is 6.39. The van der Waals surface area contributed by atoms with Gasteiger partial charge < -0.3 is 4.74 Å². The van der Waals surface area contributed by atoms with E-state index in [1.807, 2.05) is 18.2 Å². The SMILES string of the molecule is COc1ccccc1CC(Br)c1ccc(Br)cc1. The number of ether oxygens (including phenoxy) is 1. The van der Waals surface area contributed by atoms with Crippen LogP contribution in [0.1, 0.15) is 16.0 Å². The van der Waals surface area contributed by atoms with E-state index in [1.165, 1.54) is 11.1 Å². The molecule has 2 aromatic carbocycles. The molecule has 0 saturated heterocycles. The minimum atomic E-state index is 0.293. The number of hydrogen-bond donors (Lipinski definition) is 0. The van der Waals surface area contributed by atoms with Gasteiger partial charge in [0.05, 0.1) is 7.11 Å². The molecule has 2 aromatic rings. The Kier molecular flexibility index (Phi) is 4.84. The van der Waals surface area contributed by atoms with Crippen LogP contribution < -0.4 is 4.74 Å². The molecule has 0 heterocycles. The van der Waals surface area contributed by atoms with E-state index in [4.69, 9.17) is 4.74 Å². The Morgan fingerprint density at radius 1 is 1.06 bits per heavy atom. The molecular formula is C15H14Br2O. The normalized spacial score (nSPS) is 12.2. The summed E-state index contributed by atoms with van der Waals surface area (Å²) in [4.78, 5) is 0.293. The van der Waals surface area contributed by atoms with Gasteiger partial charge in [0.15, 0.2) is 0 Å². The van der Waals surface area contributed by atoms with Crippen LogP contribution in [0.15, 0.2) is 53.0 Å². The second-order valence-corrected chi connectivity index (χ2v) is 6.06. The lowest BCUT2D eigenvalue weighted by Crippen LogP contribution is -1.98. The van der Waals surface area contributed by atoms with Gasteiger partial charge in [0.1, 0.15) is 5.75 Å². The minimum absolute atomic E-state index is 0.293. The van der Waals surface area contributed by atoms with Crippen molar-refractivity contribution in [2.24, 2.45) is 0 Å². The zero-order valence-electron chi connectivity index (χ0n) is 10.1. The maximum atomic E-state index is 5.37. The van der Waals surface area contributed by atoms with Crippen LogP contribution in [0.2, 0.25) is 0 Å². The number of halogens is 2. The molecular weight excluding hydrogens is 356 g/mol. The molecule has 0 aliphatic rings. The first kappa shape index (κ1) is 13.6. The van der Waals surface area contributed by atoms with Crippen molar-refractivity contribution >= 4 is 31.9 Å². The van der Waals surface area contributed by atoms with E-state index < -0.39 is 0 Å². The third-order valence-electron chi connectivity index (χ3n) is 2.82. The topological polar surface area (TPSA) is 9.23 Å². The van der Waals surface area contributed by atoms with Crippen LogP contribution in [-0.2, 0) is 6.42 Å². The average Bonchev–Trinajstić information content (AvgIpc) is 2.40. The van der Waals surface area contributed by atoms with E-state index in [1.54, 1.807) is 7.11 Å². The first-order chi connectivity index (χ1) is 8.70. The first-order valence-corrected chi connectivity index (χ1v) is 7.43. The predicted octanol–water partition coefficient (Wildman–Crippen LogP) is 5.14. The molecule has 0 spiro atoms. The van der Waals surface area contributed by atoms with Gasteiger partial charge in [0, 0.05) is 9.30 Å². The molecule has 3 heteroatoms. The van der Waals surface area contributed by atoms with Crippen molar-refractivity contribution in [2.45, 2.75) is 11.2 Å². The summed E-state index contributed by atoms with van der Waals surface area (Å²) < 4.78 is 6.47. The lowest BCUT2D eigenvalue weighted by atomic mass is 10.0. The fourth-order valence-electron chi connectivity index (χ4n) is 1.85. The summed E-state index contributed by atoms with van der Waals surface area (Å²) in [7, 11) is 1.71. The number of methoxy groups -OCH3 is 1. The molecule has 0 bridgehead atoms. The molecule has 0 radical (unpaired) electrons. The molecule has 0 aliphatic heterocycles. The van der Waals surface area contributed by atoms with Crippen LogP contribution in [0.4, 0.5) is 0 Å². The van der Waals surface area contributed by atoms with Crippen LogP contribution in [0.5, 0.6) is 5.75 Å². The molecule has 18 heavy (non-hydrogen) atoms. The number of para-hydroxylation sites is 1. The van der Waals surface area contributed by atoms with Gasteiger partial charge in [-0.2, -0.15) is 0 Å². The zero-order valence-corrected chi connectivity index (χ0v) is 13.2. The van der Waals surface area contributed by atoms with Gasteiger partial charge in [0.25, 0.3) is 0 Å². The maximum Gasteiger partial charge on any atom is 0.122 e. The Bertz CT molecular complexity index is 508. The van der Waals surface area contributed by atoms with Crippen molar-refractivity contribution in [1.82, 2.24) is 0 Å². The van der Waals surface area contributed by atoms with Crippen molar-refractivity contribution in [1.29, 1.82) is 0 Å². The summed E-state index contributed by atoms with van der Waals surface area (Å²) in [6.07, 6.45) is 0.908. The summed E-state index contributed by atoms with van der Waals surface area (Å²) in [5, 5.41) is 0. The number of hydrogen-bond acceptors (Lipinski definition) is 1. The molecule has 0 saturated carbocycles. The highest BCUT2D eigenvalue weighted by molar-refractivity contribution is 9.10. The van der Waals surface area contributed by atoms with Crippen molar-refractivity contribution in [3.8, 4) is 5.75 Å². The van der Waals surface area contributed by atoms with Crippen molar-refractivity contribution in [2.75, 3.05) is 7.11 Å². The fourth-order valence-corrected chi connectivity index (χ4v) is 2.77. The van der Waals surface area contributed by atoms with E-state index in [0.29, 0.717) is 4.83 Å². The summed E-state index contributed by atoms with van der Waals surface area (Å²) in [5.41, 5.74) is 2.48. The third kappa shape index (κ3) is 3.36. The van der Waals surface area contributed by atoms with E-state index in [0.717, 1.165) is 16.6 Å². The largest absolute Gasteiger partial charge is 0.496 e. The number of rotatable bonds is 4. The van der Waals surface area contributed by atoms with E-state index in [2.05, 4.69) is 62.2 Å². The van der Waals surface area contributed by atoms with E-state index in [-0.39, 0.29) is 0 Å². The quantitative estimate of drug-likeness (QED) is 0.678. The van der Waals surface area contributed by atoms with Crippen molar-refractivity contribution < 1.29 is 4.74 Å². The zero-order chi connectivity index (χ0) is 13.0. The third-order valence-corrected chi connectivity index (χ3v) is 4.20. The summed E-state index contributed by atoms with van der Waals surface area (Å²) >= 11 is 7.19. The van der Waals surface area contributed by atoms with Crippen LogP contribution in [-0.4, -0.2) is 7.11 Å². The van der Waals surface area contributed by atoms with Crippen molar-refractivity contribution in [3.63, 3.8) is 0 Å². The molecule has 0 amide bonds. The lowest BCUT2D eigenvalue weighted by Gasteiger charge is -2.13. The fraction of sp³-hybridized carbons (Fsp3) is 0.200. The lowest BCUT2D eigenvalue weighted by molar-refractivity contribution is 0.409. The Morgan fingerprint density at radius 2 is 1.72 bits per heavy atom. The molecule has 2 rings (SSSR count). The second-order valence-electron chi connectivity index (χ2n) is 4.04. The van der Waals surface area contributed by atoms with Gasteiger partial charge in [-0.3, -0.25) is 0 Å². The van der Waals surface area contributed by atoms with Gasteiger partial charge >= 0.3 is 0 Å². The highest BCUT2D eigenvalue weighted by Crippen LogP contribution is 2.31. The standard InChI is InChI=1S/C15H14Br2O/c1-18-15-5-3-2-4-12(15)10-14(17)11-6-8-13(16)9-7-11/h2-9,14H,10H2,1H3. The molecule has 1 atom stereocenters. The van der Waals surface area contributed by atoms with Gasteiger partial charge in [0.2, 0.25) is 0 Å². The van der Waals surface area contributed by atoms with Gasteiger partial charge in [-0.15, -0.1) is 0 Å². The monoisotopic (exact) mass is 368 g/mol. The molecule has 1 nitrogen and oxygen atoms in total. The molecule has 0 N–H and O–H groups in total. The minimum Gasteiger partial charge on any atom is -0.496 e. The smallest absolute Gasteiger partial charge is 0.122 e. The summed E-state index contributed by atoms with van der Waals surface area (Å²) in [6, 6.07) is 16.5. The van der Waals surface area contributed by atoms with Crippen molar-refractivity contribution in [3.05, 3.63) is 64.1 Å². The molecule has 0 fully saturated rings. The predicted molar refractivity (Wildman–Crippen MR) is 82.5 cm³/mol. The number of alkyl halides is 1. The highest BCUT2D eigenvalue weighted by atomic mass is 79.9. The molecule has 0 aliphatic carbocycles. The van der Waals surface area contributed by atoms with Gasteiger partial charge in [-0.25, -0.2) is 0 Å². The van der Waals surface area contributed by atoms with E-state index >= 15 is 0 Å². The Balaban J connectivity index is 2.15. The van der Waals surface area contributed by atoms with E-state index in [9.17, 15) is 0 Å². The Morgan fingerprint density at radius 3 is 2.39 bits per heavy atom. The van der Waals surface area contributed by atoms with Crippen LogP contribution in [0.25, 0.3) is 0 Å². The van der Waals surface area contributed by atoms with Crippen LogP contribution >= 0.6 is 31.9 Å². The van der Waals surface area contributed by atoms with Crippen LogP contribution in [0, 0.1) is 0 Å². The first-order valence-electron chi connectivity index (χ1n) is 5.72. The average molecular weight is 370 g/mol. The van der Waals surface area contributed by atoms with Crippen LogP contribution in [0.3, 0.4) is 0 Å².